The number of phenolic OH excluding ortho intramolecular Hbond substituents is 4. The Kier molecular flexibility index (Phi) is 16.8. The van der Waals surface area contributed by atoms with Crippen LogP contribution in [0.15, 0.2) is 0 Å². The van der Waals surface area contributed by atoms with Gasteiger partial charge in [0.05, 0.1) is 0 Å². The first-order chi connectivity index (χ1) is 23.6. The van der Waals surface area contributed by atoms with Gasteiger partial charge in [-0.1, -0.05) is 0 Å². The predicted molar refractivity (Wildman–Crippen MR) is 124 cm³/mol. The van der Waals surface area contributed by atoms with Gasteiger partial charge in [0, 0.05) is 0 Å². The highest BCUT2D eigenvalue weighted by molar-refractivity contribution is 6.30. The minimum atomic E-state index is -2.29. The van der Waals surface area contributed by atoms with Gasteiger partial charge in [0.1, 0.15) is 0 Å². The van der Waals surface area contributed by atoms with E-state index in [0.717, 1.165) is 0 Å². The number of rotatable bonds is 0. The molecule has 0 aliphatic carbocycles. The highest BCUT2D eigenvalue weighted by atomic mass is 19.2. The van der Waals surface area contributed by atoms with E-state index in [-0.39, 0.29) is 0 Å². The van der Waals surface area contributed by atoms with Gasteiger partial charge in [-0.3, -0.25) is 0 Å². The Hall–Kier alpha value is -5.38. The Balaban J connectivity index is 0.000000644. The van der Waals surface area contributed by atoms with Crippen molar-refractivity contribution in [3.8, 4) is 23.0 Å². The molecule has 7 nitrogen and oxygen atoms in total. The molecule has 7 N–H and O–H groups in total. The second kappa shape index (κ2) is 18.7. The molecule has 0 spiro atoms. The highest BCUT2D eigenvalue weighted by Gasteiger charge is 2.28. The minimum Gasteiger partial charge on any atom is -0.503 e. The smallest absolute Gasteiger partial charge is 0.503 e. The molecule has 0 saturated carbocycles. The Labute approximate surface area is 270 Å². The number of halogens is 20. The molecule has 0 heterocycles. The summed E-state index contributed by atoms with van der Waals surface area (Å²) in [6.45, 7) is 0. The maximum Gasteiger partial charge on any atom is 0.631 e. The average molecular weight is 798 g/mol. The van der Waals surface area contributed by atoms with Crippen molar-refractivity contribution in [3.05, 3.63) is 116 Å². The standard InChI is InChI=1S/4C6HF5O.BH3O3/c4*7-1-2(8)4(10)6(12)5(11)3(1)9;2-1(3)4/h4*12H;2-4H. The van der Waals surface area contributed by atoms with Gasteiger partial charge in [-0.2, -0.15) is 35.1 Å². The van der Waals surface area contributed by atoms with Gasteiger partial charge in [0.25, 0.3) is 0 Å². The van der Waals surface area contributed by atoms with Crippen molar-refractivity contribution in [3.63, 3.8) is 0 Å². The summed E-state index contributed by atoms with van der Waals surface area (Å²) in [6, 6.07) is 0. The van der Waals surface area contributed by atoms with Crippen molar-refractivity contribution >= 4 is 7.32 Å². The first kappa shape index (κ1) is 46.6. The number of hydrogen-bond acceptors (Lipinski definition) is 7. The van der Waals surface area contributed by atoms with E-state index in [1.54, 1.807) is 0 Å². The van der Waals surface area contributed by atoms with Crippen LogP contribution in [0, 0.1) is 116 Å². The van der Waals surface area contributed by atoms with E-state index < -0.39 is 147 Å². The number of hydrogen-bond donors (Lipinski definition) is 7. The SMILES string of the molecule is OB(O)O.Oc1c(F)c(F)c(F)c(F)c1F.Oc1c(F)c(F)c(F)c(F)c1F.Oc1c(F)c(F)c(F)c(F)c1F.Oc1c(F)c(F)c(F)c(F)c1F. The summed E-state index contributed by atoms with van der Waals surface area (Å²) >= 11 is 0. The largest absolute Gasteiger partial charge is 0.631 e. The number of aromatic hydroxyl groups is 4. The minimum absolute atomic E-state index is 1.87. The second-order valence-electron chi connectivity index (χ2n) is 8.02. The predicted octanol–water partition coefficient (Wildman–Crippen LogP) is 6.30. The molecule has 4 rings (SSSR count). The molecule has 0 aliphatic rings. The van der Waals surface area contributed by atoms with E-state index in [0.29, 0.717) is 0 Å². The molecule has 28 heteroatoms. The Morgan fingerprint density at radius 3 is 0.327 bits per heavy atom. The summed E-state index contributed by atoms with van der Waals surface area (Å²) in [4.78, 5) is 0. The lowest BCUT2D eigenvalue weighted by molar-refractivity contribution is 0.278. The third-order valence-electron chi connectivity index (χ3n) is 4.75. The third kappa shape index (κ3) is 10.3. The fraction of sp³-hybridized carbons (Fsp3) is 0. The van der Waals surface area contributed by atoms with E-state index >= 15 is 0 Å². The van der Waals surface area contributed by atoms with Gasteiger partial charge >= 0.3 is 7.32 Å². The van der Waals surface area contributed by atoms with Gasteiger partial charge in [0.15, 0.2) is 23.0 Å². The average Bonchev–Trinajstić information content (AvgIpc) is 3.11. The molecule has 288 valence electrons. The van der Waals surface area contributed by atoms with Crippen LogP contribution in [0.5, 0.6) is 23.0 Å². The Morgan fingerprint density at radius 1 is 0.192 bits per heavy atom. The highest BCUT2D eigenvalue weighted by Crippen LogP contribution is 2.30. The second-order valence-corrected chi connectivity index (χ2v) is 8.02. The zero-order valence-electron chi connectivity index (χ0n) is 23.3. The molecule has 4 aromatic carbocycles. The lowest BCUT2D eigenvalue weighted by Crippen LogP contribution is -2.07. The molecule has 0 bridgehead atoms. The molecule has 0 atom stereocenters. The number of benzene rings is 4. The first-order valence-electron chi connectivity index (χ1n) is 11.4. The van der Waals surface area contributed by atoms with Crippen LogP contribution in [0.3, 0.4) is 0 Å². The van der Waals surface area contributed by atoms with Crippen LogP contribution in [0.25, 0.3) is 0 Å². The fourth-order valence-electron chi connectivity index (χ4n) is 2.37. The van der Waals surface area contributed by atoms with Gasteiger partial charge < -0.3 is 35.5 Å². The first-order valence-corrected chi connectivity index (χ1v) is 11.4. The van der Waals surface area contributed by atoms with Crippen molar-refractivity contribution in [2.24, 2.45) is 0 Å². The molecule has 4 aromatic rings. The van der Waals surface area contributed by atoms with Crippen molar-refractivity contribution in [1.29, 1.82) is 0 Å². The zero-order chi connectivity index (χ0) is 41.4. The molecule has 0 unspecified atom stereocenters. The normalized spacial score (nSPS) is 10.1. The zero-order valence-corrected chi connectivity index (χ0v) is 23.3. The van der Waals surface area contributed by atoms with Crippen molar-refractivity contribution in [1.82, 2.24) is 0 Å². The molecular weight excluding hydrogens is 791 g/mol. The van der Waals surface area contributed by atoms with Gasteiger partial charge in [-0.05, 0) is 0 Å². The van der Waals surface area contributed by atoms with Gasteiger partial charge in [-0.15, -0.1) is 0 Å². The van der Waals surface area contributed by atoms with Crippen molar-refractivity contribution in [2.75, 3.05) is 0 Å². The van der Waals surface area contributed by atoms with E-state index in [2.05, 4.69) is 0 Å². The van der Waals surface area contributed by atoms with E-state index in [1.807, 2.05) is 0 Å². The van der Waals surface area contributed by atoms with Crippen LogP contribution in [0.1, 0.15) is 0 Å². The maximum atomic E-state index is 12.2. The third-order valence-corrected chi connectivity index (χ3v) is 4.75. The topological polar surface area (TPSA) is 142 Å². The van der Waals surface area contributed by atoms with E-state index in [1.165, 1.54) is 0 Å². The molecule has 0 saturated heterocycles. The number of phenols is 4. The molecule has 0 aromatic heterocycles. The van der Waals surface area contributed by atoms with Crippen molar-refractivity contribution in [2.45, 2.75) is 0 Å². The molecule has 0 amide bonds. The van der Waals surface area contributed by atoms with Crippen LogP contribution in [-0.2, 0) is 0 Å². The van der Waals surface area contributed by atoms with E-state index in [4.69, 9.17) is 35.5 Å². The van der Waals surface area contributed by atoms with Crippen LogP contribution in [0.2, 0.25) is 0 Å². The summed E-state index contributed by atoms with van der Waals surface area (Å²) < 4.78 is 243. The molecule has 0 radical (unpaired) electrons. The van der Waals surface area contributed by atoms with Crippen molar-refractivity contribution < 1.29 is 123 Å². The van der Waals surface area contributed by atoms with E-state index in [9.17, 15) is 87.8 Å². The molecular formula is C24H7BF20O7. The van der Waals surface area contributed by atoms with Crippen LogP contribution in [-0.4, -0.2) is 42.8 Å². The van der Waals surface area contributed by atoms with Gasteiger partial charge in [-0.25, -0.2) is 52.7 Å². The molecule has 0 fully saturated rings. The fourth-order valence-corrected chi connectivity index (χ4v) is 2.37. The molecule has 52 heavy (non-hydrogen) atoms. The maximum absolute atomic E-state index is 12.2. The lowest BCUT2D eigenvalue weighted by atomic mass is 10.3. The summed E-state index contributed by atoms with van der Waals surface area (Å²) in [7, 11) is -2.17. The van der Waals surface area contributed by atoms with Crippen LogP contribution >= 0.6 is 0 Å². The summed E-state index contributed by atoms with van der Waals surface area (Å²) in [5, 5.41) is 54.7. The Morgan fingerprint density at radius 2 is 0.250 bits per heavy atom. The summed E-state index contributed by atoms with van der Waals surface area (Å²) in [5.74, 6) is -51.8. The van der Waals surface area contributed by atoms with Gasteiger partial charge in [0.2, 0.25) is 116 Å². The van der Waals surface area contributed by atoms with Crippen LogP contribution < -0.4 is 0 Å². The summed E-state index contributed by atoms with van der Waals surface area (Å²) in [6.07, 6.45) is 0. The lowest BCUT2D eigenvalue weighted by Gasteiger charge is -2.00. The summed E-state index contributed by atoms with van der Waals surface area (Å²) in [5.41, 5.74) is 0. The quantitative estimate of drug-likeness (QED) is 0.0480. The monoisotopic (exact) mass is 798 g/mol. The molecule has 0 aliphatic heterocycles. The Bertz CT molecular complexity index is 1250. The van der Waals surface area contributed by atoms with Crippen LogP contribution in [0.4, 0.5) is 87.8 Å².